The van der Waals surface area contributed by atoms with Gasteiger partial charge >= 0.3 is 6.36 Å². The molecule has 0 amide bonds. The summed E-state index contributed by atoms with van der Waals surface area (Å²) < 4.78 is 44.1. The van der Waals surface area contributed by atoms with E-state index in [0.29, 0.717) is 5.69 Å². The molecule has 28 heavy (non-hydrogen) atoms. The van der Waals surface area contributed by atoms with Gasteiger partial charge in [-0.3, -0.25) is 9.36 Å². The van der Waals surface area contributed by atoms with Crippen LogP contribution in [0.15, 0.2) is 72.0 Å². The number of alkyl halides is 3. The summed E-state index contributed by atoms with van der Waals surface area (Å²) >= 11 is 0. The minimum atomic E-state index is -4.76. The third-order valence-electron chi connectivity index (χ3n) is 4.31. The number of hydrogen-bond acceptors (Lipinski definition) is 3. The van der Waals surface area contributed by atoms with Crippen LogP contribution in [0.3, 0.4) is 0 Å². The number of halogens is 3. The van der Waals surface area contributed by atoms with Crippen LogP contribution in [0.5, 0.6) is 5.75 Å². The largest absolute Gasteiger partial charge is 0.573 e. The highest BCUT2D eigenvalue weighted by molar-refractivity contribution is 5.67. The molecule has 3 aromatic heterocycles. The number of nitrogens with zero attached hydrogens (tertiary/aromatic N) is 3. The summed E-state index contributed by atoms with van der Waals surface area (Å²) in [6, 6.07) is 10.4. The summed E-state index contributed by atoms with van der Waals surface area (Å²) in [6.45, 7) is 1.83. The van der Waals surface area contributed by atoms with Crippen molar-refractivity contribution >= 4 is 5.65 Å². The van der Waals surface area contributed by atoms with Crippen molar-refractivity contribution < 1.29 is 17.9 Å². The van der Waals surface area contributed by atoms with Gasteiger partial charge in [0.1, 0.15) is 11.4 Å². The molecule has 0 saturated carbocycles. The summed E-state index contributed by atoms with van der Waals surface area (Å²) in [5.41, 5.74) is 3.45. The summed E-state index contributed by atoms with van der Waals surface area (Å²) in [6.07, 6.45) is 2.33. The van der Waals surface area contributed by atoms with Crippen LogP contribution in [0.25, 0.3) is 22.5 Å². The van der Waals surface area contributed by atoms with Crippen LogP contribution in [-0.4, -0.2) is 20.3 Å². The third kappa shape index (κ3) is 3.48. The van der Waals surface area contributed by atoms with E-state index in [1.54, 1.807) is 12.4 Å². The highest BCUT2D eigenvalue weighted by Gasteiger charge is 2.31. The van der Waals surface area contributed by atoms with Gasteiger partial charge in [-0.25, -0.2) is 4.98 Å². The van der Waals surface area contributed by atoms with Crippen LogP contribution < -0.4 is 10.3 Å². The Kier molecular flexibility index (Phi) is 4.18. The maximum Gasteiger partial charge on any atom is 0.573 e. The fraction of sp³-hybridized carbons (Fsp3) is 0.100. The molecule has 1 aromatic carbocycles. The minimum absolute atomic E-state index is 0.283. The zero-order valence-corrected chi connectivity index (χ0v) is 14.6. The summed E-state index contributed by atoms with van der Waals surface area (Å²) in [7, 11) is 0. The standard InChI is InChI=1S/C20H14F3N3O2/c1-13-10-19(27)26(15-3-5-16(6-4-15)28-20(21,22)23)12-17(13)14-2-7-18-24-8-9-25(18)11-14/h2-12H,1H3. The van der Waals surface area contributed by atoms with E-state index in [-0.39, 0.29) is 11.3 Å². The molecule has 0 aliphatic carbocycles. The van der Waals surface area contributed by atoms with Gasteiger partial charge in [-0.1, -0.05) is 0 Å². The van der Waals surface area contributed by atoms with E-state index in [1.165, 1.54) is 34.9 Å². The van der Waals surface area contributed by atoms with Crippen molar-refractivity contribution in [1.82, 2.24) is 14.0 Å². The smallest absolute Gasteiger partial charge is 0.406 e. The van der Waals surface area contributed by atoms with E-state index in [2.05, 4.69) is 9.72 Å². The first-order chi connectivity index (χ1) is 13.3. The van der Waals surface area contributed by atoms with Gasteiger partial charge in [0.15, 0.2) is 0 Å². The minimum Gasteiger partial charge on any atom is -0.406 e. The molecule has 0 unspecified atom stereocenters. The first-order valence-corrected chi connectivity index (χ1v) is 8.33. The van der Waals surface area contributed by atoms with Crippen molar-refractivity contribution in [1.29, 1.82) is 0 Å². The van der Waals surface area contributed by atoms with Crippen molar-refractivity contribution in [3.8, 4) is 22.6 Å². The van der Waals surface area contributed by atoms with Crippen molar-refractivity contribution in [2.75, 3.05) is 0 Å². The van der Waals surface area contributed by atoms with Gasteiger partial charge in [0.2, 0.25) is 0 Å². The molecule has 142 valence electrons. The molecule has 0 aliphatic rings. The predicted molar refractivity (Wildman–Crippen MR) is 97.6 cm³/mol. The summed E-state index contributed by atoms with van der Waals surface area (Å²) in [5, 5.41) is 0. The Hall–Kier alpha value is -3.55. The van der Waals surface area contributed by atoms with E-state index in [9.17, 15) is 18.0 Å². The van der Waals surface area contributed by atoms with Crippen molar-refractivity contribution in [3.05, 3.63) is 83.2 Å². The second-order valence-corrected chi connectivity index (χ2v) is 6.23. The number of ether oxygens (including phenoxy) is 1. The molecule has 8 heteroatoms. The quantitative estimate of drug-likeness (QED) is 0.527. The Morgan fingerprint density at radius 3 is 2.50 bits per heavy atom. The van der Waals surface area contributed by atoms with Crippen molar-refractivity contribution in [3.63, 3.8) is 0 Å². The van der Waals surface area contributed by atoms with Gasteiger partial charge in [-0.15, -0.1) is 13.2 Å². The lowest BCUT2D eigenvalue weighted by Gasteiger charge is -2.13. The van der Waals surface area contributed by atoms with Gasteiger partial charge in [0, 0.05) is 47.7 Å². The van der Waals surface area contributed by atoms with Crippen LogP contribution in [-0.2, 0) is 0 Å². The number of benzene rings is 1. The number of imidazole rings is 1. The maximum absolute atomic E-state index is 12.4. The maximum atomic E-state index is 12.4. The molecule has 4 rings (SSSR count). The van der Waals surface area contributed by atoms with Crippen molar-refractivity contribution in [2.45, 2.75) is 13.3 Å². The number of aromatic nitrogens is 3. The van der Waals surface area contributed by atoms with E-state index in [0.717, 1.165) is 22.3 Å². The van der Waals surface area contributed by atoms with Gasteiger partial charge < -0.3 is 9.14 Å². The summed E-state index contributed by atoms with van der Waals surface area (Å²) in [4.78, 5) is 16.6. The fourth-order valence-electron chi connectivity index (χ4n) is 3.02. The number of rotatable bonds is 3. The molecule has 5 nitrogen and oxygen atoms in total. The molecule has 4 aromatic rings. The monoisotopic (exact) mass is 385 g/mol. The van der Waals surface area contributed by atoms with Gasteiger partial charge in [0.05, 0.1) is 0 Å². The Bertz CT molecular complexity index is 1210. The van der Waals surface area contributed by atoms with Crippen LogP contribution >= 0.6 is 0 Å². The lowest BCUT2D eigenvalue weighted by Crippen LogP contribution is -2.19. The van der Waals surface area contributed by atoms with E-state index >= 15 is 0 Å². The average Bonchev–Trinajstić information content (AvgIpc) is 3.09. The number of pyridine rings is 2. The Labute approximate surface area is 157 Å². The highest BCUT2D eigenvalue weighted by atomic mass is 19.4. The fourth-order valence-corrected chi connectivity index (χ4v) is 3.02. The third-order valence-corrected chi connectivity index (χ3v) is 4.31. The first-order valence-electron chi connectivity index (χ1n) is 8.33. The highest BCUT2D eigenvalue weighted by Crippen LogP contribution is 2.26. The van der Waals surface area contributed by atoms with Crippen LogP contribution in [0.2, 0.25) is 0 Å². The topological polar surface area (TPSA) is 48.5 Å². The van der Waals surface area contributed by atoms with Gasteiger partial charge in [0.25, 0.3) is 5.56 Å². The van der Waals surface area contributed by atoms with E-state index < -0.39 is 6.36 Å². The molecule has 0 atom stereocenters. The average molecular weight is 385 g/mol. The molecule has 0 N–H and O–H groups in total. The zero-order chi connectivity index (χ0) is 19.9. The first kappa shape index (κ1) is 17.8. The van der Waals surface area contributed by atoms with Crippen LogP contribution in [0.4, 0.5) is 13.2 Å². The Morgan fingerprint density at radius 2 is 1.79 bits per heavy atom. The van der Waals surface area contributed by atoms with E-state index in [1.807, 2.05) is 35.9 Å². The van der Waals surface area contributed by atoms with Crippen LogP contribution in [0, 0.1) is 6.92 Å². The van der Waals surface area contributed by atoms with E-state index in [4.69, 9.17) is 0 Å². The molecular formula is C20H14F3N3O2. The molecule has 0 fully saturated rings. The van der Waals surface area contributed by atoms with Crippen molar-refractivity contribution in [2.24, 2.45) is 0 Å². The summed E-state index contributed by atoms with van der Waals surface area (Å²) in [5.74, 6) is -0.345. The lowest BCUT2D eigenvalue weighted by atomic mass is 10.0. The van der Waals surface area contributed by atoms with Crippen LogP contribution in [0.1, 0.15) is 5.56 Å². The molecule has 3 heterocycles. The van der Waals surface area contributed by atoms with Gasteiger partial charge in [-0.2, -0.15) is 0 Å². The molecule has 0 bridgehead atoms. The predicted octanol–water partition coefficient (Wildman–Crippen LogP) is 4.36. The SMILES string of the molecule is Cc1cc(=O)n(-c2ccc(OC(F)(F)F)cc2)cc1-c1ccc2nccn2c1. The van der Waals surface area contributed by atoms with Gasteiger partial charge in [-0.05, 0) is 48.9 Å². The Morgan fingerprint density at radius 1 is 1.04 bits per heavy atom. The molecule has 0 radical (unpaired) electrons. The lowest BCUT2D eigenvalue weighted by molar-refractivity contribution is -0.274. The number of hydrogen-bond donors (Lipinski definition) is 0. The normalized spacial score (nSPS) is 11.7. The second-order valence-electron chi connectivity index (χ2n) is 6.23. The molecular weight excluding hydrogens is 371 g/mol. The molecule has 0 aliphatic heterocycles. The number of fused-ring (bicyclic) bond motifs is 1. The number of aryl methyl sites for hydroxylation is 1. The molecule has 0 saturated heterocycles. The second kappa shape index (κ2) is 6.56. The molecule has 0 spiro atoms. The zero-order valence-electron chi connectivity index (χ0n) is 14.6. The Balaban J connectivity index is 1.76.